The molecule has 90 valence electrons. The molecule has 0 radical (unpaired) electrons. The van der Waals surface area contributed by atoms with Gasteiger partial charge in [0.1, 0.15) is 6.54 Å². The van der Waals surface area contributed by atoms with E-state index in [2.05, 4.69) is 26.1 Å². The Labute approximate surface area is 101 Å². The Bertz CT molecular complexity index is 475. The second-order valence-electron chi connectivity index (χ2n) is 5.21. The summed E-state index contributed by atoms with van der Waals surface area (Å²) in [6.45, 7) is 6.36. The zero-order chi connectivity index (χ0) is 12.6. The normalized spacial score (nSPS) is 16.3. The lowest BCUT2D eigenvalue weighted by molar-refractivity contribution is -0.117. The van der Waals surface area contributed by atoms with E-state index in [1.165, 1.54) is 4.90 Å². The van der Waals surface area contributed by atoms with E-state index >= 15 is 0 Å². The van der Waals surface area contributed by atoms with Gasteiger partial charge in [0.25, 0.3) is 0 Å². The van der Waals surface area contributed by atoms with Gasteiger partial charge in [-0.1, -0.05) is 39.0 Å². The second-order valence-corrected chi connectivity index (χ2v) is 5.21. The van der Waals surface area contributed by atoms with Crippen molar-refractivity contribution in [1.29, 1.82) is 0 Å². The fraction of sp³-hybridized carbons (Fsp3) is 0.385. The maximum Gasteiger partial charge on any atom is 0.329 e. The molecule has 2 rings (SSSR count). The van der Waals surface area contributed by atoms with E-state index < -0.39 is 0 Å². The van der Waals surface area contributed by atoms with Crippen LogP contribution in [0.3, 0.4) is 0 Å². The number of imide groups is 1. The number of urea groups is 1. The van der Waals surface area contributed by atoms with E-state index in [-0.39, 0.29) is 23.9 Å². The molecule has 0 saturated carbocycles. The van der Waals surface area contributed by atoms with Crippen LogP contribution in [-0.2, 0) is 10.2 Å². The van der Waals surface area contributed by atoms with E-state index in [4.69, 9.17) is 0 Å². The predicted molar refractivity (Wildman–Crippen MR) is 66.0 cm³/mol. The van der Waals surface area contributed by atoms with Crippen LogP contribution in [0.5, 0.6) is 0 Å². The maximum absolute atomic E-state index is 11.7. The molecule has 3 amide bonds. The SMILES string of the molecule is CC(C)(C)c1ccccc1N1CC(=O)NC1=O. The monoisotopic (exact) mass is 232 g/mol. The first kappa shape index (κ1) is 11.6. The third kappa shape index (κ3) is 2.16. The van der Waals surface area contributed by atoms with Gasteiger partial charge in [-0.25, -0.2) is 4.79 Å². The summed E-state index contributed by atoms with van der Waals surface area (Å²) in [5, 5.41) is 2.29. The second kappa shape index (κ2) is 3.87. The molecular weight excluding hydrogens is 216 g/mol. The van der Waals surface area contributed by atoms with Crippen molar-refractivity contribution in [2.75, 3.05) is 11.4 Å². The van der Waals surface area contributed by atoms with Crippen molar-refractivity contribution in [3.8, 4) is 0 Å². The van der Waals surface area contributed by atoms with Crippen LogP contribution in [0.15, 0.2) is 24.3 Å². The van der Waals surface area contributed by atoms with E-state index in [0.717, 1.165) is 11.3 Å². The van der Waals surface area contributed by atoms with Gasteiger partial charge < -0.3 is 0 Å². The number of hydrogen-bond donors (Lipinski definition) is 1. The standard InChI is InChI=1S/C13H16N2O2/c1-13(2,3)9-6-4-5-7-10(9)15-8-11(16)14-12(15)17/h4-7H,8H2,1-3H3,(H,14,16,17). The van der Waals surface area contributed by atoms with Gasteiger partial charge in [-0.3, -0.25) is 15.0 Å². The van der Waals surface area contributed by atoms with Gasteiger partial charge in [-0.05, 0) is 17.0 Å². The van der Waals surface area contributed by atoms with Crippen LogP contribution in [0.4, 0.5) is 10.5 Å². The minimum absolute atomic E-state index is 0.0670. The molecule has 0 spiro atoms. The van der Waals surface area contributed by atoms with Crippen molar-refractivity contribution in [3.63, 3.8) is 0 Å². The number of carbonyl (C=O) groups is 2. The van der Waals surface area contributed by atoms with Crippen LogP contribution in [0, 0.1) is 0 Å². The van der Waals surface area contributed by atoms with Crippen LogP contribution in [0.2, 0.25) is 0 Å². The number of nitrogens with zero attached hydrogens (tertiary/aromatic N) is 1. The Balaban J connectivity index is 2.46. The summed E-state index contributed by atoms with van der Waals surface area (Å²) in [6, 6.07) is 7.34. The molecule has 0 aromatic heterocycles. The number of carbonyl (C=O) groups excluding carboxylic acids is 2. The van der Waals surface area contributed by atoms with Gasteiger partial charge in [0.05, 0.1) is 0 Å². The number of nitrogens with one attached hydrogen (secondary N) is 1. The average molecular weight is 232 g/mol. The summed E-state index contributed by atoms with van der Waals surface area (Å²) in [5.74, 6) is -0.251. The van der Waals surface area contributed by atoms with E-state index in [1.54, 1.807) is 0 Å². The maximum atomic E-state index is 11.7. The highest BCUT2D eigenvalue weighted by atomic mass is 16.2. The van der Waals surface area contributed by atoms with Crippen LogP contribution < -0.4 is 10.2 Å². The molecule has 1 saturated heterocycles. The van der Waals surface area contributed by atoms with Crippen molar-refractivity contribution < 1.29 is 9.59 Å². The largest absolute Gasteiger partial charge is 0.329 e. The summed E-state index contributed by atoms with van der Waals surface area (Å²) in [4.78, 5) is 24.4. The number of hydrogen-bond acceptors (Lipinski definition) is 2. The molecule has 1 fully saturated rings. The predicted octanol–water partition coefficient (Wildman–Crippen LogP) is 2.04. The van der Waals surface area contributed by atoms with Gasteiger partial charge in [0.15, 0.2) is 0 Å². The minimum atomic E-state index is -0.341. The Hall–Kier alpha value is -1.84. The van der Waals surface area contributed by atoms with Gasteiger partial charge >= 0.3 is 6.03 Å². The highest BCUT2D eigenvalue weighted by molar-refractivity contribution is 6.12. The number of benzene rings is 1. The molecular formula is C13H16N2O2. The third-order valence-electron chi connectivity index (χ3n) is 2.80. The van der Waals surface area contributed by atoms with Gasteiger partial charge in [-0.2, -0.15) is 0 Å². The Morgan fingerprint density at radius 2 is 1.82 bits per heavy atom. The molecule has 0 unspecified atom stereocenters. The lowest BCUT2D eigenvalue weighted by atomic mass is 9.85. The van der Waals surface area contributed by atoms with Crippen molar-refractivity contribution in [2.45, 2.75) is 26.2 Å². The summed E-state index contributed by atoms with van der Waals surface area (Å²) in [6.07, 6.45) is 0. The zero-order valence-electron chi connectivity index (χ0n) is 10.3. The van der Waals surface area contributed by atoms with Crippen LogP contribution in [0.1, 0.15) is 26.3 Å². The number of rotatable bonds is 1. The van der Waals surface area contributed by atoms with E-state index in [9.17, 15) is 9.59 Å². The molecule has 17 heavy (non-hydrogen) atoms. The van der Waals surface area contributed by atoms with Gasteiger partial charge in [0, 0.05) is 5.69 Å². The van der Waals surface area contributed by atoms with Crippen molar-refractivity contribution in [3.05, 3.63) is 29.8 Å². The van der Waals surface area contributed by atoms with Gasteiger partial charge in [0.2, 0.25) is 5.91 Å². The summed E-state index contributed by atoms with van der Waals surface area (Å²) < 4.78 is 0. The first-order valence-corrected chi connectivity index (χ1v) is 5.60. The molecule has 1 aliphatic rings. The molecule has 4 nitrogen and oxygen atoms in total. The lowest BCUT2D eigenvalue weighted by Gasteiger charge is -2.26. The molecule has 1 aliphatic heterocycles. The fourth-order valence-corrected chi connectivity index (χ4v) is 1.98. The first-order chi connectivity index (χ1) is 7.89. The van der Waals surface area contributed by atoms with Crippen LogP contribution >= 0.6 is 0 Å². The quantitative estimate of drug-likeness (QED) is 0.753. The lowest BCUT2D eigenvalue weighted by Crippen LogP contribution is -2.30. The molecule has 1 heterocycles. The summed E-state index contributed by atoms with van der Waals surface area (Å²) in [7, 11) is 0. The summed E-state index contributed by atoms with van der Waals surface area (Å²) in [5.41, 5.74) is 1.80. The minimum Gasteiger partial charge on any atom is -0.284 e. The number of amides is 3. The van der Waals surface area contributed by atoms with E-state index in [1.807, 2.05) is 24.3 Å². The molecule has 0 bridgehead atoms. The Kier molecular flexibility index (Phi) is 2.65. The van der Waals surface area contributed by atoms with Crippen LogP contribution in [-0.4, -0.2) is 18.5 Å². The van der Waals surface area contributed by atoms with E-state index in [0.29, 0.717) is 0 Å². The Morgan fingerprint density at radius 1 is 1.18 bits per heavy atom. The molecule has 1 aromatic carbocycles. The number of anilines is 1. The molecule has 1 N–H and O–H groups in total. The van der Waals surface area contributed by atoms with Gasteiger partial charge in [-0.15, -0.1) is 0 Å². The van der Waals surface area contributed by atoms with Crippen molar-refractivity contribution in [2.24, 2.45) is 0 Å². The fourth-order valence-electron chi connectivity index (χ4n) is 1.98. The molecule has 0 aliphatic carbocycles. The molecule has 4 heteroatoms. The summed E-state index contributed by atoms with van der Waals surface area (Å²) >= 11 is 0. The van der Waals surface area contributed by atoms with Crippen molar-refractivity contribution in [1.82, 2.24) is 5.32 Å². The first-order valence-electron chi connectivity index (χ1n) is 5.60. The molecule has 0 atom stereocenters. The smallest absolute Gasteiger partial charge is 0.284 e. The van der Waals surface area contributed by atoms with Crippen molar-refractivity contribution >= 4 is 17.6 Å². The average Bonchev–Trinajstić information content (AvgIpc) is 2.56. The molecule has 1 aromatic rings. The number of para-hydroxylation sites is 1. The zero-order valence-corrected chi connectivity index (χ0v) is 10.3. The third-order valence-corrected chi connectivity index (χ3v) is 2.80. The Morgan fingerprint density at radius 3 is 2.35 bits per heavy atom. The highest BCUT2D eigenvalue weighted by Crippen LogP contribution is 2.32. The highest BCUT2D eigenvalue weighted by Gasteiger charge is 2.31. The van der Waals surface area contributed by atoms with Crippen LogP contribution in [0.25, 0.3) is 0 Å². The topological polar surface area (TPSA) is 49.4 Å².